The summed E-state index contributed by atoms with van der Waals surface area (Å²) in [5.74, 6) is 0. The molecule has 0 heterocycles. The van der Waals surface area contributed by atoms with Gasteiger partial charge < -0.3 is 14.4 Å². The van der Waals surface area contributed by atoms with E-state index in [2.05, 4.69) is 13.8 Å². The molecule has 0 aliphatic carbocycles. The lowest BCUT2D eigenvalue weighted by molar-refractivity contribution is 0.0263. The van der Waals surface area contributed by atoms with Crippen molar-refractivity contribution in [3.8, 4) is 0 Å². The van der Waals surface area contributed by atoms with Crippen LogP contribution in [0.2, 0.25) is 0 Å². The zero-order valence-electron chi connectivity index (χ0n) is 27.0. The molecule has 39 heavy (non-hydrogen) atoms. The molecule has 236 valence electrons. The molecule has 2 unspecified atom stereocenters. The predicted molar refractivity (Wildman–Crippen MR) is 177 cm³/mol. The number of aliphatic hydroxyl groups is 1. The van der Waals surface area contributed by atoms with E-state index in [4.69, 9.17) is 9.26 Å². The van der Waals surface area contributed by atoms with Gasteiger partial charge in [0, 0.05) is 15.4 Å². The van der Waals surface area contributed by atoms with Gasteiger partial charge in [0.05, 0.1) is 13.2 Å². The van der Waals surface area contributed by atoms with Crippen LogP contribution < -0.4 is 0 Å². The Kier molecular flexibility index (Phi) is 36.6. The normalized spacial score (nSPS) is 12.7. The van der Waals surface area contributed by atoms with Crippen molar-refractivity contribution in [2.75, 3.05) is 26.0 Å². The van der Waals surface area contributed by atoms with Crippen LogP contribution in [0, 0.1) is 0 Å². The molecule has 0 aromatic rings. The Morgan fingerprint density at radius 3 is 1.15 bits per heavy atom. The Morgan fingerprint density at radius 1 is 0.462 bits per heavy atom. The van der Waals surface area contributed by atoms with E-state index in [0.29, 0.717) is 15.4 Å². The highest BCUT2D eigenvalue weighted by Gasteiger charge is 2.08. The Bertz CT molecular complexity index is 385. The van der Waals surface area contributed by atoms with Crippen LogP contribution in [0.5, 0.6) is 0 Å². The first-order valence-electron chi connectivity index (χ1n) is 17.9. The van der Waals surface area contributed by atoms with Gasteiger partial charge in [-0.2, -0.15) is 0 Å². The summed E-state index contributed by atoms with van der Waals surface area (Å²) in [7, 11) is 0.501. The molecule has 0 aromatic carbocycles. The van der Waals surface area contributed by atoms with Gasteiger partial charge >= 0.3 is 0 Å². The maximum atomic E-state index is 9.58. The van der Waals surface area contributed by atoms with Crippen molar-refractivity contribution in [3.05, 3.63) is 0 Å². The van der Waals surface area contributed by atoms with Crippen LogP contribution in [-0.2, 0) is 9.26 Å². The highest BCUT2D eigenvalue weighted by atomic mass is 31.1. The molecule has 2 atom stereocenters. The van der Waals surface area contributed by atoms with Gasteiger partial charge in [0.25, 0.3) is 0 Å². The van der Waals surface area contributed by atoms with Crippen molar-refractivity contribution in [1.29, 1.82) is 0 Å². The summed E-state index contributed by atoms with van der Waals surface area (Å²) in [4.78, 5) is 0. The van der Waals surface area contributed by atoms with E-state index < -0.39 is 0 Å². The van der Waals surface area contributed by atoms with Gasteiger partial charge in [0.15, 0.2) is 0 Å². The zero-order chi connectivity index (χ0) is 28.3. The summed E-state index contributed by atoms with van der Waals surface area (Å²) < 4.78 is 11.7. The van der Waals surface area contributed by atoms with Crippen LogP contribution in [0.15, 0.2) is 0 Å². The van der Waals surface area contributed by atoms with Gasteiger partial charge in [-0.1, -0.05) is 181 Å². The Balaban J connectivity index is 3.25. The lowest BCUT2D eigenvalue weighted by Gasteiger charge is -2.15. The number of hydrogen-bond donors (Lipinski definition) is 1. The molecule has 0 spiro atoms. The first kappa shape index (κ1) is 39.3. The van der Waals surface area contributed by atoms with Gasteiger partial charge in [-0.25, -0.2) is 0 Å². The van der Waals surface area contributed by atoms with E-state index in [1.165, 1.54) is 173 Å². The summed E-state index contributed by atoms with van der Waals surface area (Å²) in [5, 5.41) is 9.58. The minimum atomic E-state index is -0.137. The van der Waals surface area contributed by atoms with Crippen LogP contribution in [0.4, 0.5) is 0 Å². The third-order valence-electron chi connectivity index (χ3n) is 8.03. The highest BCUT2D eigenvalue weighted by molar-refractivity contribution is 7.32. The largest absolute Gasteiger partial charge is 0.394 e. The summed E-state index contributed by atoms with van der Waals surface area (Å²) >= 11 is 0. The van der Waals surface area contributed by atoms with Crippen molar-refractivity contribution >= 4 is 8.81 Å². The van der Waals surface area contributed by atoms with Crippen LogP contribution in [0.1, 0.15) is 194 Å². The van der Waals surface area contributed by atoms with Crippen LogP contribution in [0.3, 0.4) is 0 Å². The van der Waals surface area contributed by atoms with E-state index in [9.17, 15) is 5.11 Å². The molecule has 0 aliphatic heterocycles. The number of hydrogen-bond acceptors (Lipinski definition) is 3. The molecule has 0 bridgehead atoms. The lowest BCUT2D eigenvalue weighted by Crippen LogP contribution is -2.21. The molecule has 3 nitrogen and oxygen atoms in total. The molecule has 0 rings (SSSR count). The summed E-state index contributed by atoms with van der Waals surface area (Å²) in [5.41, 5.74) is 0. The SMILES string of the molecule is CCCCCCCCCCCCCCCCOCC(CO)OPCCCCCCCCCCCCCCCC. The molecular weight excluding hydrogens is 499 g/mol. The van der Waals surface area contributed by atoms with Crippen molar-refractivity contribution in [3.63, 3.8) is 0 Å². The molecule has 0 fully saturated rings. The molecule has 0 amide bonds. The zero-order valence-corrected chi connectivity index (χ0v) is 28.0. The van der Waals surface area contributed by atoms with Crippen LogP contribution in [0.25, 0.3) is 0 Å². The molecular formula is C35H73O3P. The average Bonchev–Trinajstić information content (AvgIpc) is 2.95. The Labute approximate surface area is 248 Å². The highest BCUT2D eigenvalue weighted by Crippen LogP contribution is 2.20. The minimum Gasteiger partial charge on any atom is -0.394 e. The van der Waals surface area contributed by atoms with Gasteiger partial charge in [-0.3, -0.25) is 0 Å². The minimum absolute atomic E-state index is 0.0739. The third-order valence-corrected chi connectivity index (χ3v) is 9.09. The third kappa shape index (κ3) is 34.4. The van der Waals surface area contributed by atoms with Gasteiger partial charge in [-0.05, 0) is 19.0 Å². The number of aliphatic hydroxyl groups excluding tert-OH is 1. The van der Waals surface area contributed by atoms with E-state index >= 15 is 0 Å². The molecule has 4 heteroatoms. The average molecular weight is 573 g/mol. The number of ether oxygens (including phenoxy) is 1. The van der Waals surface area contributed by atoms with Crippen molar-refractivity contribution in [2.24, 2.45) is 0 Å². The quantitative estimate of drug-likeness (QED) is 0.0606. The fourth-order valence-corrected chi connectivity index (χ4v) is 6.20. The second-order valence-corrected chi connectivity index (χ2v) is 13.1. The van der Waals surface area contributed by atoms with Gasteiger partial charge in [0.1, 0.15) is 6.10 Å². The van der Waals surface area contributed by atoms with E-state index in [0.717, 1.165) is 19.2 Å². The molecule has 0 saturated heterocycles. The van der Waals surface area contributed by atoms with E-state index in [1.54, 1.807) is 0 Å². The second kappa shape index (κ2) is 36.3. The van der Waals surface area contributed by atoms with Gasteiger partial charge in [-0.15, -0.1) is 0 Å². The monoisotopic (exact) mass is 573 g/mol. The molecule has 0 aromatic heterocycles. The first-order valence-corrected chi connectivity index (χ1v) is 19.0. The van der Waals surface area contributed by atoms with Crippen LogP contribution in [-0.4, -0.2) is 37.2 Å². The lowest BCUT2D eigenvalue weighted by atomic mass is 10.0. The molecule has 1 N–H and O–H groups in total. The topological polar surface area (TPSA) is 38.7 Å². The van der Waals surface area contributed by atoms with Crippen molar-refractivity contribution in [2.45, 2.75) is 200 Å². The number of rotatable bonds is 35. The predicted octanol–water partition coefficient (Wildman–Crippen LogP) is 11.9. The van der Waals surface area contributed by atoms with Gasteiger partial charge in [0.2, 0.25) is 0 Å². The standard InChI is InChI=1S/C35H73O3P/c1-3-5-7-9-11-13-15-17-19-21-23-25-27-29-31-37-34-35(33-36)38-39-32-30-28-26-24-22-20-18-16-14-12-10-8-6-4-2/h35-36,39H,3-34H2,1-2H3. The molecule has 0 aliphatic rings. The van der Waals surface area contributed by atoms with Crippen molar-refractivity contribution < 1.29 is 14.4 Å². The number of unbranched alkanes of at least 4 members (excludes halogenated alkanes) is 26. The molecule has 0 radical (unpaired) electrons. The maximum Gasteiger partial charge on any atom is 0.108 e. The van der Waals surface area contributed by atoms with E-state index in [-0.39, 0.29) is 12.7 Å². The fourth-order valence-electron chi connectivity index (χ4n) is 5.31. The summed E-state index contributed by atoms with van der Waals surface area (Å²) in [6.45, 7) is 6.00. The smallest absolute Gasteiger partial charge is 0.108 e. The Hall–Kier alpha value is 0.310. The maximum absolute atomic E-state index is 9.58. The summed E-state index contributed by atoms with van der Waals surface area (Å²) in [6.07, 6.45) is 40.0. The summed E-state index contributed by atoms with van der Waals surface area (Å²) in [6, 6.07) is 0. The Morgan fingerprint density at radius 2 is 0.795 bits per heavy atom. The fraction of sp³-hybridized carbons (Fsp3) is 1.00. The first-order chi connectivity index (χ1) is 19.3. The van der Waals surface area contributed by atoms with E-state index in [1.807, 2.05) is 0 Å². The van der Waals surface area contributed by atoms with Crippen molar-refractivity contribution in [1.82, 2.24) is 0 Å². The molecule has 0 saturated carbocycles. The second-order valence-electron chi connectivity index (χ2n) is 12.1. The van der Waals surface area contributed by atoms with Crippen LogP contribution >= 0.6 is 8.81 Å².